The molecule has 0 spiro atoms. The van der Waals surface area contributed by atoms with Gasteiger partial charge in [-0.3, -0.25) is 0 Å². The molecule has 3 rings (SSSR count). The number of hydrogen-bond donors (Lipinski definition) is 1. The number of fused-ring (bicyclic) bond motifs is 1. The molecule has 20 heavy (non-hydrogen) atoms. The van der Waals surface area contributed by atoms with Crippen LogP contribution in [0.3, 0.4) is 0 Å². The Balaban J connectivity index is 2.08. The lowest BCUT2D eigenvalue weighted by Crippen LogP contribution is -2.39. The third-order valence-corrected chi connectivity index (χ3v) is 4.16. The number of hydrogen-bond acceptors (Lipinski definition) is 1. The van der Waals surface area contributed by atoms with E-state index < -0.39 is 0 Å². The van der Waals surface area contributed by atoms with Crippen LogP contribution in [0.25, 0.3) is 0 Å². The van der Waals surface area contributed by atoms with E-state index in [4.69, 9.17) is 0 Å². The Kier molecular flexibility index (Phi) is 3.58. The first kappa shape index (κ1) is 13.3. The van der Waals surface area contributed by atoms with Crippen LogP contribution in [0.2, 0.25) is 0 Å². The van der Waals surface area contributed by atoms with Crippen LogP contribution in [0, 0.1) is 12.7 Å². The molecule has 0 aliphatic carbocycles. The van der Waals surface area contributed by atoms with E-state index in [0.29, 0.717) is 6.04 Å². The van der Waals surface area contributed by atoms with Gasteiger partial charge in [-0.25, -0.2) is 4.39 Å². The summed E-state index contributed by atoms with van der Waals surface area (Å²) in [4.78, 5) is 0. The van der Waals surface area contributed by atoms with Crippen LogP contribution in [-0.2, 0) is 6.42 Å². The lowest BCUT2D eigenvalue weighted by Gasteiger charge is -2.33. The zero-order valence-corrected chi connectivity index (χ0v) is 12.0. The summed E-state index contributed by atoms with van der Waals surface area (Å²) >= 11 is 0. The second-order valence-electron chi connectivity index (χ2n) is 5.67. The van der Waals surface area contributed by atoms with Gasteiger partial charge in [0.05, 0.1) is 6.04 Å². The minimum absolute atomic E-state index is 0.0966. The molecule has 0 radical (unpaired) electrons. The highest BCUT2D eigenvalue weighted by Gasteiger charge is 2.26. The number of nitrogens with one attached hydrogen (secondary N) is 1. The van der Waals surface area contributed by atoms with Gasteiger partial charge in [-0.1, -0.05) is 42.8 Å². The summed E-state index contributed by atoms with van der Waals surface area (Å²) in [5.74, 6) is -0.154. The fourth-order valence-electron chi connectivity index (χ4n) is 3.06. The molecule has 2 aromatic carbocycles. The number of rotatable bonds is 2. The maximum Gasteiger partial charge on any atom is 0.123 e. The third-order valence-electron chi connectivity index (χ3n) is 4.16. The summed E-state index contributed by atoms with van der Waals surface area (Å²) in [6, 6.07) is 14.2. The molecule has 2 heteroatoms. The van der Waals surface area contributed by atoms with E-state index >= 15 is 0 Å². The van der Waals surface area contributed by atoms with Gasteiger partial charge in [0.1, 0.15) is 5.82 Å². The minimum atomic E-state index is -0.154. The Labute approximate surface area is 119 Å². The van der Waals surface area contributed by atoms with Crippen LogP contribution in [0.1, 0.15) is 41.6 Å². The molecule has 0 saturated carbocycles. The Bertz CT molecular complexity index is 621. The van der Waals surface area contributed by atoms with Crippen LogP contribution in [0.15, 0.2) is 42.5 Å². The fraction of sp³-hybridized carbons (Fsp3) is 0.333. The monoisotopic (exact) mass is 269 g/mol. The van der Waals surface area contributed by atoms with E-state index in [2.05, 4.69) is 43.4 Å². The summed E-state index contributed by atoms with van der Waals surface area (Å²) in [5, 5.41) is 3.66. The van der Waals surface area contributed by atoms with Gasteiger partial charge in [0.25, 0.3) is 0 Å². The predicted octanol–water partition coefficient (Wildman–Crippen LogP) is 4.15. The summed E-state index contributed by atoms with van der Waals surface area (Å²) in [6.45, 7) is 4.29. The SMILES string of the molecule is CCC1Cc2ccc(F)cc2C(c2cccc(C)c2)N1. The molecule has 1 N–H and O–H groups in total. The molecular formula is C18H20FN. The second-order valence-corrected chi connectivity index (χ2v) is 5.67. The Morgan fingerprint density at radius 3 is 2.80 bits per heavy atom. The fourth-order valence-corrected chi connectivity index (χ4v) is 3.06. The van der Waals surface area contributed by atoms with Crippen molar-refractivity contribution in [1.82, 2.24) is 5.32 Å². The van der Waals surface area contributed by atoms with Crippen molar-refractivity contribution in [2.75, 3.05) is 0 Å². The van der Waals surface area contributed by atoms with E-state index in [0.717, 1.165) is 18.4 Å². The molecule has 1 nitrogen and oxygen atoms in total. The van der Waals surface area contributed by atoms with Crippen molar-refractivity contribution < 1.29 is 4.39 Å². The Morgan fingerprint density at radius 2 is 2.05 bits per heavy atom. The summed E-state index contributed by atoms with van der Waals surface area (Å²) in [6.07, 6.45) is 2.06. The number of benzene rings is 2. The van der Waals surface area contributed by atoms with E-state index in [9.17, 15) is 4.39 Å². The molecule has 2 unspecified atom stereocenters. The van der Waals surface area contributed by atoms with E-state index in [1.165, 1.54) is 16.7 Å². The van der Waals surface area contributed by atoms with Gasteiger partial charge in [-0.2, -0.15) is 0 Å². The second kappa shape index (κ2) is 5.37. The van der Waals surface area contributed by atoms with Crippen molar-refractivity contribution in [1.29, 1.82) is 0 Å². The minimum Gasteiger partial charge on any atom is -0.303 e. The van der Waals surface area contributed by atoms with Crippen molar-refractivity contribution in [2.24, 2.45) is 0 Å². The molecule has 0 amide bonds. The van der Waals surface area contributed by atoms with E-state index in [1.807, 2.05) is 6.07 Å². The van der Waals surface area contributed by atoms with Crippen LogP contribution in [0.4, 0.5) is 4.39 Å². The number of halogens is 1. The first-order valence-corrected chi connectivity index (χ1v) is 7.28. The molecule has 0 aromatic heterocycles. The summed E-state index contributed by atoms with van der Waals surface area (Å²) < 4.78 is 13.6. The lowest BCUT2D eigenvalue weighted by molar-refractivity contribution is 0.425. The highest BCUT2D eigenvalue weighted by molar-refractivity contribution is 5.41. The molecule has 104 valence electrons. The molecule has 1 aliphatic heterocycles. The van der Waals surface area contributed by atoms with Gasteiger partial charge in [0.2, 0.25) is 0 Å². The zero-order valence-electron chi connectivity index (χ0n) is 12.0. The van der Waals surface area contributed by atoms with Crippen molar-refractivity contribution in [3.63, 3.8) is 0 Å². The smallest absolute Gasteiger partial charge is 0.123 e. The van der Waals surface area contributed by atoms with Crippen LogP contribution in [0.5, 0.6) is 0 Å². The van der Waals surface area contributed by atoms with E-state index in [-0.39, 0.29) is 11.9 Å². The normalized spacial score (nSPS) is 21.6. The highest BCUT2D eigenvalue weighted by Crippen LogP contribution is 2.32. The largest absolute Gasteiger partial charge is 0.303 e. The predicted molar refractivity (Wildman–Crippen MR) is 80.3 cm³/mol. The average Bonchev–Trinajstić information content (AvgIpc) is 2.46. The van der Waals surface area contributed by atoms with Gasteiger partial charge in [-0.15, -0.1) is 0 Å². The molecule has 1 aliphatic rings. The topological polar surface area (TPSA) is 12.0 Å². The zero-order chi connectivity index (χ0) is 14.1. The molecule has 2 atom stereocenters. The average molecular weight is 269 g/mol. The first-order chi connectivity index (χ1) is 9.67. The van der Waals surface area contributed by atoms with Crippen LogP contribution < -0.4 is 5.32 Å². The molecule has 0 saturated heterocycles. The van der Waals surface area contributed by atoms with Gasteiger partial charge < -0.3 is 5.32 Å². The Morgan fingerprint density at radius 1 is 1.20 bits per heavy atom. The summed E-state index contributed by atoms with van der Waals surface area (Å²) in [7, 11) is 0. The molecule has 0 bridgehead atoms. The molecular weight excluding hydrogens is 249 g/mol. The van der Waals surface area contributed by atoms with Crippen LogP contribution in [-0.4, -0.2) is 6.04 Å². The summed E-state index contributed by atoms with van der Waals surface area (Å²) in [5.41, 5.74) is 4.81. The van der Waals surface area contributed by atoms with Crippen molar-refractivity contribution in [2.45, 2.75) is 38.8 Å². The van der Waals surface area contributed by atoms with Crippen LogP contribution >= 0.6 is 0 Å². The Hall–Kier alpha value is -1.67. The molecule has 2 aromatic rings. The molecule has 1 heterocycles. The maximum absolute atomic E-state index is 13.6. The van der Waals surface area contributed by atoms with Crippen molar-refractivity contribution in [3.05, 3.63) is 70.5 Å². The lowest BCUT2D eigenvalue weighted by atomic mass is 9.85. The van der Waals surface area contributed by atoms with Crippen molar-refractivity contribution >= 4 is 0 Å². The van der Waals surface area contributed by atoms with Gasteiger partial charge >= 0.3 is 0 Å². The first-order valence-electron chi connectivity index (χ1n) is 7.28. The van der Waals surface area contributed by atoms with Crippen molar-refractivity contribution in [3.8, 4) is 0 Å². The maximum atomic E-state index is 13.6. The van der Waals surface area contributed by atoms with Gasteiger partial charge in [-0.05, 0) is 48.6 Å². The molecule has 0 fully saturated rings. The standard InChI is InChI=1S/C18H20FN/c1-3-16-10-13-7-8-15(19)11-17(13)18(20-16)14-6-4-5-12(2)9-14/h4-9,11,16,18,20H,3,10H2,1-2H3. The third kappa shape index (κ3) is 2.48. The highest BCUT2D eigenvalue weighted by atomic mass is 19.1. The number of aryl methyl sites for hydroxylation is 1. The quantitative estimate of drug-likeness (QED) is 0.863. The van der Waals surface area contributed by atoms with Gasteiger partial charge in [0, 0.05) is 6.04 Å². The van der Waals surface area contributed by atoms with Gasteiger partial charge in [0.15, 0.2) is 0 Å². The van der Waals surface area contributed by atoms with E-state index in [1.54, 1.807) is 12.1 Å².